The molecular formula is C15H19N5O. The summed E-state index contributed by atoms with van der Waals surface area (Å²) in [7, 11) is 0. The Morgan fingerprint density at radius 3 is 2.52 bits per heavy atom. The molecule has 110 valence electrons. The molecule has 0 saturated heterocycles. The van der Waals surface area contributed by atoms with Gasteiger partial charge in [0.15, 0.2) is 0 Å². The lowest BCUT2D eigenvalue weighted by atomic mass is 10.2. The van der Waals surface area contributed by atoms with Crippen LogP contribution in [0.4, 0.5) is 5.82 Å². The maximum atomic E-state index is 6.08. The molecule has 3 aromatic heterocycles. The number of fused-ring (bicyclic) bond motifs is 1. The Labute approximate surface area is 123 Å². The Bertz CT molecular complexity index is 830. The fraction of sp³-hybridized carbons (Fsp3) is 0.400. The quantitative estimate of drug-likeness (QED) is 0.782. The molecule has 2 N–H and O–H groups in total. The Morgan fingerprint density at radius 2 is 1.90 bits per heavy atom. The largest absolute Gasteiger partial charge is 0.444 e. The fourth-order valence-electron chi connectivity index (χ4n) is 2.78. The standard InChI is InChI=1S/C15H19N5O/c1-7-6-17-15(21-7)10(4)20-9(3)8(2)12-13(16)18-11(5)19-14(12)20/h6,10H,1-5H3,(H2,16,18,19). The second-order valence-electron chi connectivity index (χ2n) is 5.42. The molecule has 0 amide bonds. The van der Waals surface area contributed by atoms with Crippen LogP contribution in [0.2, 0.25) is 0 Å². The first-order valence-electron chi connectivity index (χ1n) is 6.93. The number of hydrogen-bond donors (Lipinski definition) is 1. The molecule has 6 heteroatoms. The van der Waals surface area contributed by atoms with Crippen molar-refractivity contribution in [2.45, 2.75) is 40.7 Å². The van der Waals surface area contributed by atoms with E-state index in [0.29, 0.717) is 17.5 Å². The van der Waals surface area contributed by atoms with Crippen LogP contribution in [-0.2, 0) is 0 Å². The van der Waals surface area contributed by atoms with E-state index in [-0.39, 0.29) is 6.04 Å². The number of rotatable bonds is 2. The third kappa shape index (κ3) is 1.98. The molecule has 3 rings (SSSR count). The molecule has 0 fully saturated rings. The van der Waals surface area contributed by atoms with E-state index in [1.54, 1.807) is 6.20 Å². The highest BCUT2D eigenvalue weighted by Crippen LogP contribution is 2.32. The van der Waals surface area contributed by atoms with Gasteiger partial charge in [0.1, 0.15) is 29.1 Å². The average Bonchev–Trinajstić information content (AvgIpc) is 2.93. The number of nitrogens with two attached hydrogens (primary N) is 1. The average molecular weight is 285 g/mol. The van der Waals surface area contributed by atoms with Crippen LogP contribution in [0, 0.1) is 27.7 Å². The van der Waals surface area contributed by atoms with Crippen LogP contribution < -0.4 is 5.73 Å². The molecule has 0 aliphatic heterocycles. The zero-order chi connectivity index (χ0) is 15.3. The van der Waals surface area contributed by atoms with Crippen molar-refractivity contribution in [3.8, 4) is 0 Å². The SMILES string of the molecule is Cc1nc(N)c2c(C)c(C)n(C(C)c3ncc(C)o3)c2n1. The monoisotopic (exact) mass is 285 g/mol. The van der Waals surface area contributed by atoms with Gasteiger partial charge in [0.25, 0.3) is 0 Å². The van der Waals surface area contributed by atoms with Crippen molar-refractivity contribution in [2.24, 2.45) is 0 Å². The topological polar surface area (TPSA) is 82.8 Å². The molecule has 0 spiro atoms. The number of nitrogens with zero attached hydrogens (tertiary/aromatic N) is 4. The van der Waals surface area contributed by atoms with Crippen molar-refractivity contribution >= 4 is 16.9 Å². The predicted octanol–water partition coefficient (Wildman–Crippen LogP) is 2.84. The first-order valence-corrected chi connectivity index (χ1v) is 6.93. The normalized spacial score (nSPS) is 13.0. The molecule has 0 radical (unpaired) electrons. The van der Waals surface area contributed by atoms with Crippen LogP contribution in [0.5, 0.6) is 0 Å². The molecule has 0 bridgehead atoms. The highest BCUT2D eigenvalue weighted by Gasteiger charge is 2.23. The summed E-state index contributed by atoms with van der Waals surface area (Å²) < 4.78 is 7.78. The van der Waals surface area contributed by atoms with Gasteiger partial charge in [-0.2, -0.15) is 0 Å². The van der Waals surface area contributed by atoms with Gasteiger partial charge in [-0.3, -0.25) is 0 Å². The highest BCUT2D eigenvalue weighted by atomic mass is 16.4. The van der Waals surface area contributed by atoms with Crippen molar-refractivity contribution < 1.29 is 4.42 Å². The van der Waals surface area contributed by atoms with Gasteiger partial charge in [-0.15, -0.1) is 0 Å². The van der Waals surface area contributed by atoms with Gasteiger partial charge in [0.2, 0.25) is 5.89 Å². The molecule has 0 aliphatic carbocycles. The van der Waals surface area contributed by atoms with Crippen LogP contribution in [-0.4, -0.2) is 19.5 Å². The van der Waals surface area contributed by atoms with E-state index in [1.165, 1.54) is 0 Å². The van der Waals surface area contributed by atoms with Crippen molar-refractivity contribution in [3.05, 3.63) is 34.9 Å². The van der Waals surface area contributed by atoms with Crippen LogP contribution >= 0.6 is 0 Å². The van der Waals surface area contributed by atoms with Crippen molar-refractivity contribution in [3.63, 3.8) is 0 Å². The van der Waals surface area contributed by atoms with Crippen molar-refractivity contribution in [1.82, 2.24) is 19.5 Å². The zero-order valence-corrected chi connectivity index (χ0v) is 12.9. The van der Waals surface area contributed by atoms with Crippen LogP contribution in [0.1, 0.15) is 41.7 Å². The summed E-state index contributed by atoms with van der Waals surface area (Å²) in [6.07, 6.45) is 1.73. The van der Waals surface area contributed by atoms with Crippen LogP contribution in [0.25, 0.3) is 11.0 Å². The maximum Gasteiger partial charge on any atom is 0.217 e. The molecule has 21 heavy (non-hydrogen) atoms. The van der Waals surface area contributed by atoms with Crippen molar-refractivity contribution in [1.29, 1.82) is 0 Å². The van der Waals surface area contributed by atoms with E-state index in [2.05, 4.69) is 26.4 Å². The second-order valence-corrected chi connectivity index (χ2v) is 5.42. The van der Waals surface area contributed by atoms with Gasteiger partial charge in [-0.25, -0.2) is 15.0 Å². The van der Waals surface area contributed by atoms with Gasteiger partial charge in [-0.05, 0) is 40.2 Å². The third-order valence-corrected chi connectivity index (χ3v) is 3.92. The molecule has 0 saturated carbocycles. The summed E-state index contributed by atoms with van der Waals surface area (Å²) in [6.45, 7) is 9.87. The van der Waals surface area contributed by atoms with Gasteiger partial charge < -0.3 is 14.7 Å². The summed E-state index contributed by atoms with van der Waals surface area (Å²) in [5.74, 6) is 2.65. The number of aryl methyl sites for hydroxylation is 3. The minimum absolute atomic E-state index is 0.0522. The van der Waals surface area contributed by atoms with Crippen LogP contribution in [0.15, 0.2) is 10.6 Å². The van der Waals surface area contributed by atoms with E-state index < -0.39 is 0 Å². The molecule has 3 heterocycles. The zero-order valence-electron chi connectivity index (χ0n) is 12.9. The number of hydrogen-bond acceptors (Lipinski definition) is 5. The van der Waals surface area contributed by atoms with Crippen LogP contribution in [0.3, 0.4) is 0 Å². The Hall–Kier alpha value is -2.37. The Balaban J connectivity index is 2.29. The van der Waals surface area contributed by atoms with Gasteiger partial charge in [-0.1, -0.05) is 0 Å². The Morgan fingerprint density at radius 1 is 1.19 bits per heavy atom. The molecule has 6 nitrogen and oxygen atoms in total. The van der Waals surface area contributed by atoms with E-state index in [1.807, 2.05) is 27.7 Å². The molecule has 1 unspecified atom stereocenters. The first-order chi connectivity index (χ1) is 9.90. The summed E-state index contributed by atoms with van der Waals surface area (Å²) in [5.41, 5.74) is 9.10. The lowest BCUT2D eigenvalue weighted by Crippen LogP contribution is -2.10. The van der Waals surface area contributed by atoms with E-state index in [0.717, 1.165) is 28.1 Å². The molecular weight excluding hydrogens is 266 g/mol. The fourth-order valence-corrected chi connectivity index (χ4v) is 2.78. The summed E-state index contributed by atoms with van der Waals surface area (Å²) in [6, 6.07) is -0.0522. The second kappa shape index (κ2) is 4.58. The summed E-state index contributed by atoms with van der Waals surface area (Å²) >= 11 is 0. The Kier molecular flexibility index (Phi) is 2.97. The first kappa shape index (κ1) is 13.6. The van der Waals surface area contributed by atoms with Crippen molar-refractivity contribution in [2.75, 3.05) is 5.73 Å². The molecule has 1 atom stereocenters. The van der Waals surface area contributed by atoms with E-state index in [9.17, 15) is 0 Å². The summed E-state index contributed by atoms with van der Waals surface area (Å²) in [4.78, 5) is 13.2. The number of anilines is 1. The molecule has 0 aliphatic rings. The van der Waals surface area contributed by atoms with E-state index in [4.69, 9.17) is 10.2 Å². The minimum atomic E-state index is -0.0522. The van der Waals surface area contributed by atoms with Gasteiger partial charge >= 0.3 is 0 Å². The van der Waals surface area contributed by atoms with Gasteiger partial charge in [0.05, 0.1) is 11.6 Å². The predicted molar refractivity (Wildman–Crippen MR) is 81.2 cm³/mol. The highest BCUT2D eigenvalue weighted by molar-refractivity contribution is 5.91. The lowest BCUT2D eigenvalue weighted by molar-refractivity contribution is 0.416. The summed E-state index contributed by atoms with van der Waals surface area (Å²) in [5, 5.41) is 0.910. The molecule has 3 aromatic rings. The maximum absolute atomic E-state index is 6.08. The number of nitrogen functional groups attached to an aromatic ring is 1. The molecule has 0 aromatic carbocycles. The number of oxazole rings is 1. The van der Waals surface area contributed by atoms with E-state index >= 15 is 0 Å². The lowest BCUT2D eigenvalue weighted by Gasteiger charge is -2.14. The van der Waals surface area contributed by atoms with Gasteiger partial charge in [0, 0.05) is 5.69 Å². The third-order valence-electron chi connectivity index (χ3n) is 3.92. The number of aromatic nitrogens is 4. The minimum Gasteiger partial charge on any atom is -0.444 e. The smallest absolute Gasteiger partial charge is 0.217 e.